The van der Waals surface area contributed by atoms with Gasteiger partial charge in [-0.25, -0.2) is 15.8 Å². The van der Waals surface area contributed by atoms with E-state index in [9.17, 15) is 0 Å². The SMILES string of the molecule is CC1CCCC(CNc2cc(NN)nc(C(C)(C)C)n2)C1. The van der Waals surface area contributed by atoms with E-state index in [1.807, 2.05) is 6.07 Å². The van der Waals surface area contributed by atoms with E-state index in [1.54, 1.807) is 0 Å². The molecule has 2 unspecified atom stereocenters. The summed E-state index contributed by atoms with van der Waals surface area (Å²) in [6.45, 7) is 9.65. The van der Waals surface area contributed by atoms with Gasteiger partial charge >= 0.3 is 0 Å². The summed E-state index contributed by atoms with van der Waals surface area (Å²) >= 11 is 0. The maximum absolute atomic E-state index is 5.52. The first-order valence-corrected chi connectivity index (χ1v) is 7.98. The first-order chi connectivity index (χ1) is 9.88. The lowest BCUT2D eigenvalue weighted by Gasteiger charge is -2.27. The van der Waals surface area contributed by atoms with Crippen LogP contribution in [0, 0.1) is 11.8 Å². The molecule has 0 bridgehead atoms. The maximum Gasteiger partial charge on any atom is 0.145 e. The summed E-state index contributed by atoms with van der Waals surface area (Å²) in [5.74, 6) is 9.44. The molecule has 5 heteroatoms. The van der Waals surface area contributed by atoms with Crippen molar-refractivity contribution in [3.05, 3.63) is 11.9 Å². The monoisotopic (exact) mass is 291 g/mol. The number of aromatic nitrogens is 2. The molecular weight excluding hydrogens is 262 g/mol. The average Bonchev–Trinajstić information content (AvgIpc) is 2.44. The molecule has 2 rings (SSSR count). The highest BCUT2D eigenvalue weighted by Gasteiger charge is 2.21. The summed E-state index contributed by atoms with van der Waals surface area (Å²) in [7, 11) is 0. The van der Waals surface area contributed by atoms with Crippen LogP contribution in [0.25, 0.3) is 0 Å². The van der Waals surface area contributed by atoms with Gasteiger partial charge in [0.05, 0.1) is 0 Å². The van der Waals surface area contributed by atoms with Crippen molar-refractivity contribution in [2.24, 2.45) is 17.7 Å². The Hall–Kier alpha value is -1.36. The summed E-state index contributed by atoms with van der Waals surface area (Å²) in [6, 6.07) is 1.88. The average molecular weight is 291 g/mol. The van der Waals surface area contributed by atoms with E-state index in [4.69, 9.17) is 5.84 Å². The fraction of sp³-hybridized carbons (Fsp3) is 0.750. The molecular formula is C16H29N5. The van der Waals surface area contributed by atoms with Crippen LogP contribution in [-0.2, 0) is 5.41 Å². The summed E-state index contributed by atoms with van der Waals surface area (Å²) in [5.41, 5.74) is 2.54. The maximum atomic E-state index is 5.52. The number of anilines is 2. The van der Waals surface area contributed by atoms with Gasteiger partial charge in [0, 0.05) is 18.0 Å². The van der Waals surface area contributed by atoms with Gasteiger partial charge in [-0.15, -0.1) is 0 Å². The number of hydrazine groups is 1. The van der Waals surface area contributed by atoms with E-state index in [2.05, 4.69) is 48.4 Å². The molecule has 118 valence electrons. The zero-order valence-electron chi connectivity index (χ0n) is 13.7. The third-order valence-electron chi connectivity index (χ3n) is 4.16. The molecule has 1 aromatic heterocycles. The van der Waals surface area contributed by atoms with Crippen LogP contribution < -0.4 is 16.6 Å². The topological polar surface area (TPSA) is 75.9 Å². The van der Waals surface area contributed by atoms with Crippen LogP contribution in [0.2, 0.25) is 0 Å². The van der Waals surface area contributed by atoms with Gasteiger partial charge in [-0.1, -0.05) is 40.5 Å². The molecule has 1 aliphatic rings. The largest absolute Gasteiger partial charge is 0.370 e. The third-order valence-corrected chi connectivity index (χ3v) is 4.16. The minimum atomic E-state index is -0.0946. The first kappa shape index (κ1) is 16.0. The van der Waals surface area contributed by atoms with E-state index in [0.717, 1.165) is 30.0 Å². The summed E-state index contributed by atoms with van der Waals surface area (Å²) in [6.07, 6.45) is 5.35. The first-order valence-electron chi connectivity index (χ1n) is 7.98. The molecule has 1 fully saturated rings. The molecule has 0 aliphatic heterocycles. The van der Waals surface area contributed by atoms with Gasteiger partial charge < -0.3 is 10.7 Å². The van der Waals surface area contributed by atoms with Crippen LogP contribution in [-0.4, -0.2) is 16.5 Å². The normalized spacial score (nSPS) is 22.9. The molecule has 0 amide bonds. The van der Waals surface area contributed by atoms with Crippen molar-refractivity contribution in [3.8, 4) is 0 Å². The second kappa shape index (κ2) is 6.60. The molecule has 2 atom stereocenters. The summed E-state index contributed by atoms with van der Waals surface area (Å²) in [4.78, 5) is 9.08. The van der Waals surface area contributed by atoms with Crippen LogP contribution in [0.4, 0.5) is 11.6 Å². The Labute approximate surface area is 128 Å². The zero-order valence-corrected chi connectivity index (χ0v) is 13.7. The Kier molecular flexibility index (Phi) is 5.04. The van der Waals surface area contributed by atoms with Crippen molar-refractivity contribution >= 4 is 11.6 Å². The second-order valence-electron chi connectivity index (χ2n) is 7.38. The number of nitrogens with one attached hydrogen (secondary N) is 2. The fourth-order valence-corrected chi connectivity index (χ4v) is 2.94. The van der Waals surface area contributed by atoms with Crippen molar-refractivity contribution in [2.45, 2.75) is 58.8 Å². The van der Waals surface area contributed by atoms with E-state index < -0.39 is 0 Å². The van der Waals surface area contributed by atoms with Crippen molar-refractivity contribution in [2.75, 3.05) is 17.3 Å². The Morgan fingerprint density at radius 2 is 1.95 bits per heavy atom. The molecule has 4 N–H and O–H groups in total. The standard InChI is InChI=1S/C16H29N5/c1-11-6-5-7-12(8-11)10-18-13-9-14(21-17)20-15(19-13)16(2,3)4/h9,11-12H,5-8,10,17H2,1-4H3,(H2,18,19,20,21). The van der Waals surface area contributed by atoms with Gasteiger partial charge in [0.25, 0.3) is 0 Å². The predicted octanol–water partition coefficient (Wildman–Crippen LogP) is 3.30. The smallest absolute Gasteiger partial charge is 0.145 e. The molecule has 0 aromatic carbocycles. The van der Waals surface area contributed by atoms with Crippen molar-refractivity contribution < 1.29 is 0 Å². The van der Waals surface area contributed by atoms with Crippen molar-refractivity contribution in [1.29, 1.82) is 0 Å². The van der Waals surface area contributed by atoms with Gasteiger partial charge in [-0.3, -0.25) is 0 Å². The highest BCUT2D eigenvalue weighted by Crippen LogP contribution is 2.29. The van der Waals surface area contributed by atoms with Crippen LogP contribution in [0.3, 0.4) is 0 Å². The molecule has 1 saturated carbocycles. The fourth-order valence-electron chi connectivity index (χ4n) is 2.94. The van der Waals surface area contributed by atoms with E-state index in [-0.39, 0.29) is 5.41 Å². The van der Waals surface area contributed by atoms with Gasteiger partial charge in [-0.05, 0) is 24.7 Å². The molecule has 1 heterocycles. The number of nitrogens with zero attached hydrogens (tertiary/aromatic N) is 2. The van der Waals surface area contributed by atoms with Crippen molar-refractivity contribution in [3.63, 3.8) is 0 Å². The van der Waals surface area contributed by atoms with Gasteiger partial charge in [0.15, 0.2) is 0 Å². The minimum absolute atomic E-state index is 0.0946. The number of rotatable bonds is 4. The zero-order chi connectivity index (χ0) is 15.5. The van der Waals surface area contributed by atoms with E-state index >= 15 is 0 Å². The minimum Gasteiger partial charge on any atom is -0.370 e. The van der Waals surface area contributed by atoms with Crippen LogP contribution in [0.15, 0.2) is 6.07 Å². The number of nitrogen functional groups attached to an aromatic ring is 1. The predicted molar refractivity (Wildman–Crippen MR) is 88.2 cm³/mol. The highest BCUT2D eigenvalue weighted by atomic mass is 15.3. The Bertz CT molecular complexity index is 466. The lowest BCUT2D eigenvalue weighted by atomic mass is 9.82. The molecule has 1 aliphatic carbocycles. The molecule has 5 nitrogen and oxygen atoms in total. The molecule has 0 saturated heterocycles. The van der Waals surface area contributed by atoms with E-state index in [0.29, 0.717) is 5.82 Å². The highest BCUT2D eigenvalue weighted by molar-refractivity contribution is 5.47. The Balaban J connectivity index is 2.05. The molecule has 1 aromatic rings. The van der Waals surface area contributed by atoms with Gasteiger partial charge in [0.2, 0.25) is 0 Å². The molecule has 21 heavy (non-hydrogen) atoms. The van der Waals surface area contributed by atoms with Crippen LogP contribution in [0.5, 0.6) is 0 Å². The second-order valence-corrected chi connectivity index (χ2v) is 7.38. The van der Waals surface area contributed by atoms with Gasteiger partial charge in [-0.2, -0.15) is 0 Å². The lowest BCUT2D eigenvalue weighted by molar-refractivity contribution is 0.293. The van der Waals surface area contributed by atoms with Crippen molar-refractivity contribution in [1.82, 2.24) is 9.97 Å². The summed E-state index contributed by atoms with van der Waals surface area (Å²) in [5, 5.41) is 3.48. The third kappa shape index (κ3) is 4.56. The quantitative estimate of drug-likeness (QED) is 0.586. The van der Waals surface area contributed by atoms with Gasteiger partial charge in [0.1, 0.15) is 17.5 Å². The molecule has 0 radical (unpaired) electrons. The summed E-state index contributed by atoms with van der Waals surface area (Å²) < 4.78 is 0. The van der Waals surface area contributed by atoms with Crippen LogP contribution in [0.1, 0.15) is 59.2 Å². The molecule has 0 spiro atoms. The van der Waals surface area contributed by atoms with E-state index in [1.165, 1.54) is 25.7 Å². The lowest BCUT2D eigenvalue weighted by Crippen LogP contribution is -2.23. The number of hydrogen-bond donors (Lipinski definition) is 3. The van der Waals surface area contributed by atoms with Crippen LogP contribution >= 0.6 is 0 Å². The number of hydrogen-bond acceptors (Lipinski definition) is 5. The Morgan fingerprint density at radius 3 is 2.57 bits per heavy atom. The number of nitrogens with two attached hydrogens (primary N) is 1. The Morgan fingerprint density at radius 1 is 1.24 bits per heavy atom.